The second-order valence-electron chi connectivity index (χ2n) is 7.38. The largest absolute Gasteiger partial charge is 0.480 e. The number of aliphatic carboxylic acids is 1. The molecule has 1 rings (SSSR count). The summed E-state index contributed by atoms with van der Waals surface area (Å²) in [6.45, 7) is 2.17. The first-order valence-electron chi connectivity index (χ1n) is 9.96. The van der Waals surface area contributed by atoms with Crippen LogP contribution in [-0.2, 0) is 24.0 Å². The van der Waals surface area contributed by atoms with E-state index in [9.17, 15) is 29.1 Å². The topological polar surface area (TPSA) is 211 Å². The number of carbonyl (C=O) groups is 5. The number of primary amides is 1. The molecule has 0 spiro atoms. The van der Waals surface area contributed by atoms with E-state index in [4.69, 9.17) is 17.2 Å². The van der Waals surface area contributed by atoms with E-state index >= 15 is 0 Å². The third-order valence-corrected chi connectivity index (χ3v) is 4.89. The van der Waals surface area contributed by atoms with Crippen molar-refractivity contribution in [2.45, 2.75) is 69.6 Å². The van der Waals surface area contributed by atoms with Gasteiger partial charge in [-0.3, -0.25) is 19.2 Å². The van der Waals surface area contributed by atoms with Crippen LogP contribution in [0.3, 0.4) is 0 Å². The molecule has 4 atom stereocenters. The van der Waals surface area contributed by atoms with Gasteiger partial charge in [-0.15, -0.1) is 0 Å². The lowest BCUT2D eigenvalue weighted by molar-refractivity contribution is -0.145. The molecule has 9 N–H and O–H groups in total. The standard InChI is InChI=1S/C18H32N6O6/c1-10(22-15(26)11(20)9-14(21)25)17(28)24-8-4-6-13(24)16(27)23-12(18(29)30)5-2-3-7-19/h10-13H,2-9,19-20H2,1H3,(H2,21,25)(H,22,26)(H,23,27)(H,29,30). The van der Waals surface area contributed by atoms with E-state index in [0.29, 0.717) is 38.8 Å². The van der Waals surface area contributed by atoms with E-state index in [1.54, 1.807) is 0 Å². The summed E-state index contributed by atoms with van der Waals surface area (Å²) < 4.78 is 0. The maximum atomic E-state index is 12.7. The molecule has 4 amide bonds. The summed E-state index contributed by atoms with van der Waals surface area (Å²) in [5.41, 5.74) is 16.0. The van der Waals surface area contributed by atoms with Crippen molar-refractivity contribution < 1.29 is 29.1 Å². The number of carboxylic acid groups (broad SMARTS) is 1. The van der Waals surface area contributed by atoms with Gasteiger partial charge in [-0.05, 0) is 45.6 Å². The summed E-state index contributed by atoms with van der Waals surface area (Å²) in [6, 6.07) is -4.05. The van der Waals surface area contributed by atoms with Crippen LogP contribution in [0.25, 0.3) is 0 Å². The van der Waals surface area contributed by atoms with Crippen LogP contribution >= 0.6 is 0 Å². The normalized spacial score (nSPS) is 18.9. The van der Waals surface area contributed by atoms with Crippen molar-refractivity contribution in [1.29, 1.82) is 0 Å². The van der Waals surface area contributed by atoms with Gasteiger partial charge in [0.05, 0.1) is 12.5 Å². The predicted molar refractivity (Wildman–Crippen MR) is 107 cm³/mol. The Labute approximate surface area is 174 Å². The van der Waals surface area contributed by atoms with E-state index in [-0.39, 0.29) is 12.8 Å². The zero-order chi connectivity index (χ0) is 22.8. The van der Waals surface area contributed by atoms with Gasteiger partial charge in [0.2, 0.25) is 23.6 Å². The molecule has 0 radical (unpaired) electrons. The minimum Gasteiger partial charge on any atom is -0.480 e. The molecular weight excluding hydrogens is 396 g/mol. The summed E-state index contributed by atoms with van der Waals surface area (Å²) >= 11 is 0. The van der Waals surface area contributed by atoms with E-state index in [0.717, 1.165) is 0 Å². The third kappa shape index (κ3) is 7.59. The van der Waals surface area contributed by atoms with E-state index in [1.165, 1.54) is 11.8 Å². The van der Waals surface area contributed by atoms with Crippen molar-refractivity contribution in [2.24, 2.45) is 17.2 Å². The van der Waals surface area contributed by atoms with Crippen LogP contribution in [0.2, 0.25) is 0 Å². The van der Waals surface area contributed by atoms with Crippen LogP contribution in [0.5, 0.6) is 0 Å². The van der Waals surface area contributed by atoms with Gasteiger partial charge in [0, 0.05) is 6.54 Å². The average molecular weight is 428 g/mol. The average Bonchev–Trinajstić information content (AvgIpc) is 3.15. The number of hydrogen-bond acceptors (Lipinski definition) is 7. The summed E-state index contributed by atoms with van der Waals surface area (Å²) in [5.74, 6) is -3.65. The fourth-order valence-electron chi connectivity index (χ4n) is 3.26. The van der Waals surface area contributed by atoms with Crippen molar-refractivity contribution in [2.75, 3.05) is 13.1 Å². The minimum atomic E-state index is -1.18. The lowest BCUT2D eigenvalue weighted by Gasteiger charge is -2.28. The molecule has 0 aromatic carbocycles. The molecule has 0 aliphatic carbocycles. The van der Waals surface area contributed by atoms with Crippen LogP contribution < -0.4 is 27.8 Å². The molecule has 0 saturated carbocycles. The Kier molecular flexibility index (Phi) is 10.2. The SMILES string of the molecule is CC(NC(=O)C(N)CC(N)=O)C(=O)N1CCCC1C(=O)NC(CCCCN)C(=O)O. The molecule has 0 aromatic rings. The third-order valence-electron chi connectivity index (χ3n) is 4.89. The number of likely N-dealkylation sites (tertiary alicyclic amines) is 1. The van der Waals surface area contributed by atoms with Crippen molar-refractivity contribution in [3.05, 3.63) is 0 Å². The van der Waals surface area contributed by atoms with Gasteiger partial charge in [-0.1, -0.05) is 0 Å². The van der Waals surface area contributed by atoms with Crippen LogP contribution in [0.1, 0.15) is 45.4 Å². The predicted octanol–water partition coefficient (Wildman–Crippen LogP) is -2.62. The molecule has 1 heterocycles. The van der Waals surface area contributed by atoms with Crippen LogP contribution in [0, 0.1) is 0 Å². The Morgan fingerprint density at radius 1 is 1.17 bits per heavy atom. The van der Waals surface area contributed by atoms with Gasteiger partial charge >= 0.3 is 5.97 Å². The quantitative estimate of drug-likeness (QED) is 0.181. The summed E-state index contributed by atoms with van der Waals surface area (Å²) in [4.78, 5) is 61.0. The molecule has 30 heavy (non-hydrogen) atoms. The van der Waals surface area contributed by atoms with Crippen molar-refractivity contribution in [3.8, 4) is 0 Å². The Balaban J connectivity index is 2.71. The number of amides is 4. The van der Waals surface area contributed by atoms with Crippen molar-refractivity contribution in [3.63, 3.8) is 0 Å². The summed E-state index contributed by atoms with van der Waals surface area (Å²) in [6.07, 6.45) is 2.02. The lowest BCUT2D eigenvalue weighted by Crippen LogP contribution is -2.56. The number of hydrogen-bond donors (Lipinski definition) is 6. The highest BCUT2D eigenvalue weighted by Gasteiger charge is 2.37. The van der Waals surface area contributed by atoms with Crippen molar-refractivity contribution >= 4 is 29.6 Å². The summed E-state index contributed by atoms with van der Waals surface area (Å²) in [5, 5.41) is 14.2. The lowest BCUT2D eigenvalue weighted by atomic mass is 10.1. The molecule has 170 valence electrons. The first kappa shape index (κ1) is 25.3. The number of nitrogens with two attached hydrogens (primary N) is 3. The molecule has 0 aromatic heterocycles. The highest BCUT2D eigenvalue weighted by Crippen LogP contribution is 2.19. The number of rotatable bonds is 12. The van der Waals surface area contributed by atoms with Crippen molar-refractivity contribution in [1.82, 2.24) is 15.5 Å². The molecule has 12 heteroatoms. The van der Waals surface area contributed by atoms with Crippen LogP contribution in [0.4, 0.5) is 0 Å². The van der Waals surface area contributed by atoms with E-state index in [2.05, 4.69) is 10.6 Å². The second-order valence-corrected chi connectivity index (χ2v) is 7.38. The fraction of sp³-hybridized carbons (Fsp3) is 0.722. The van der Waals surface area contributed by atoms with Gasteiger partial charge in [0.15, 0.2) is 0 Å². The van der Waals surface area contributed by atoms with Crippen LogP contribution in [-0.4, -0.2) is 76.9 Å². The molecule has 1 aliphatic rings. The van der Waals surface area contributed by atoms with Crippen LogP contribution in [0.15, 0.2) is 0 Å². The Morgan fingerprint density at radius 3 is 2.40 bits per heavy atom. The fourth-order valence-corrected chi connectivity index (χ4v) is 3.26. The number of unbranched alkanes of at least 4 members (excludes halogenated alkanes) is 1. The summed E-state index contributed by atoms with van der Waals surface area (Å²) in [7, 11) is 0. The maximum absolute atomic E-state index is 12.7. The van der Waals surface area contributed by atoms with Gasteiger partial charge in [-0.25, -0.2) is 4.79 Å². The number of carboxylic acids is 1. The molecule has 12 nitrogen and oxygen atoms in total. The Hall–Kier alpha value is -2.73. The molecular formula is C18H32N6O6. The van der Waals surface area contributed by atoms with Gasteiger partial charge in [-0.2, -0.15) is 0 Å². The zero-order valence-electron chi connectivity index (χ0n) is 17.1. The molecule has 0 bridgehead atoms. The molecule has 1 fully saturated rings. The number of carbonyl (C=O) groups excluding carboxylic acids is 4. The molecule has 4 unspecified atom stereocenters. The first-order valence-corrected chi connectivity index (χ1v) is 9.96. The van der Waals surface area contributed by atoms with E-state index < -0.39 is 53.8 Å². The smallest absolute Gasteiger partial charge is 0.326 e. The van der Waals surface area contributed by atoms with Gasteiger partial charge < -0.3 is 37.8 Å². The highest BCUT2D eigenvalue weighted by molar-refractivity contribution is 5.95. The number of nitrogens with zero attached hydrogens (tertiary/aromatic N) is 1. The molecule has 1 aliphatic heterocycles. The first-order chi connectivity index (χ1) is 14.1. The Morgan fingerprint density at radius 2 is 1.83 bits per heavy atom. The zero-order valence-corrected chi connectivity index (χ0v) is 17.1. The highest BCUT2D eigenvalue weighted by atomic mass is 16.4. The van der Waals surface area contributed by atoms with E-state index in [1.807, 2.05) is 0 Å². The second kappa shape index (κ2) is 12.1. The monoisotopic (exact) mass is 428 g/mol. The maximum Gasteiger partial charge on any atom is 0.326 e. The van der Waals surface area contributed by atoms with Gasteiger partial charge in [0.1, 0.15) is 18.1 Å². The van der Waals surface area contributed by atoms with Gasteiger partial charge in [0.25, 0.3) is 0 Å². The minimum absolute atomic E-state index is 0.239. The molecule has 1 saturated heterocycles. The number of nitrogens with one attached hydrogen (secondary N) is 2. The Bertz CT molecular complexity index is 657.